The predicted molar refractivity (Wildman–Crippen MR) is 104 cm³/mol. The van der Waals surface area contributed by atoms with E-state index in [1.165, 1.54) is 5.56 Å². The highest BCUT2D eigenvalue weighted by Crippen LogP contribution is 2.27. The third-order valence-electron chi connectivity index (χ3n) is 4.45. The van der Waals surface area contributed by atoms with E-state index in [2.05, 4.69) is 74.8 Å². The highest BCUT2D eigenvalue weighted by Gasteiger charge is 2.12. The molecule has 25 heavy (non-hydrogen) atoms. The molecule has 1 N–H and O–H groups in total. The van der Waals surface area contributed by atoms with E-state index in [4.69, 9.17) is 12.2 Å². The molecule has 0 saturated heterocycles. The lowest BCUT2D eigenvalue weighted by atomic mass is 10.1. The Hall–Kier alpha value is -2.73. The molecule has 0 radical (unpaired) electrons. The second-order valence-electron chi connectivity index (χ2n) is 6.10. The average molecular weight is 349 g/mol. The van der Waals surface area contributed by atoms with Gasteiger partial charge in [0.15, 0.2) is 4.77 Å². The number of hydrogen-bond acceptors (Lipinski definition) is 4. The first-order valence-electron chi connectivity index (χ1n) is 8.29. The number of anilines is 1. The average Bonchev–Trinajstić information content (AvgIpc) is 2.94. The number of H-pyrrole nitrogens is 1. The lowest BCUT2D eigenvalue weighted by molar-refractivity contribution is 0.774. The van der Waals surface area contributed by atoms with Gasteiger partial charge in [-0.15, -0.1) is 0 Å². The molecule has 5 nitrogen and oxygen atoms in total. The Kier molecular flexibility index (Phi) is 3.97. The maximum absolute atomic E-state index is 5.42. The van der Waals surface area contributed by atoms with Crippen LogP contribution in [0, 0.1) is 4.77 Å². The predicted octanol–water partition coefficient (Wildman–Crippen LogP) is 4.30. The minimum atomic E-state index is 0.736. The molecule has 0 spiro atoms. The topological polar surface area (TPSA) is 49.7 Å². The molecule has 4 aromatic rings. The van der Waals surface area contributed by atoms with E-state index in [9.17, 15) is 0 Å². The van der Waals surface area contributed by atoms with Crippen LogP contribution < -0.4 is 4.90 Å². The van der Waals surface area contributed by atoms with E-state index in [0.29, 0.717) is 0 Å². The summed E-state index contributed by atoms with van der Waals surface area (Å²) in [7, 11) is 2.05. The number of imidazole rings is 1. The Morgan fingerprint density at radius 3 is 2.72 bits per heavy atom. The van der Waals surface area contributed by atoms with Crippen molar-refractivity contribution < 1.29 is 0 Å². The molecule has 4 rings (SSSR count). The highest BCUT2D eigenvalue weighted by molar-refractivity contribution is 7.71. The number of nitrogens with zero attached hydrogens (tertiary/aromatic N) is 4. The quantitative estimate of drug-likeness (QED) is 0.558. The number of fused-ring (bicyclic) bond motifs is 2. The number of rotatable bonds is 4. The van der Waals surface area contributed by atoms with Gasteiger partial charge in [0.2, 0.25) is 0 Å². The molecule has 2 aromatic heterocycles. The monoisotopic (exact) mass is 349 g/mol. The van der Waals surface area contributed by atoms with Gasteiger partial charge in [0, 0.05) is 25.5 Å². The fourth-order valence-electron chi connectivity index (χ4n) is 3.24. The van der Waals surface area contributed by atoms with Gasteiger partial charge in [-0.2, -0.15) is 0 Å². The second kappa shape index (κ2) is 6.29. The standard InChI is InChI=1S/C19H19N5S/c1-3-24-17-10-15-14(9-16(17)22-19(24)25)18(21-12-20-15)23(2)11-13-7-5-4-6-8-13/h4-10,12H,3,11H2,1-2H3,(H,22,25). The van der Waals surface area contributed by atoms with E-state index >= 15 is 0 Å². The molecule has 126 valence electrons. The van der Waals surface area contributed by atoms with E-state index < -0.39 is 0 Å². The van der Waals surface area contributed by atoms with Crippen molar-refractivity contribution in [3.05, 3.63) is 59.1 Å². The van der Waals surface area contributed by atoms with Crippen LogP contribution in [0.3, 0.4) is 0 Å². The first-order chi connectivity index (χ1) is 12.2. The summed E-state index contributed by atoms with van der Waals surface area (Å²) in [5.41, 5.74) is 4.27. The van der Waals surface area contributed by atoms with E-state index in [0.717, 1.165) is 45.6 Å². The molecule has 0 bridgehead atoms. The molecule has 0 aliphatic carbocycles. The molecule has 2 heterocycles. The summed E-state index contributed by atoms with van der Waals surface area (Å²) in [6.45, 7) is 3.71. The molecular weight excluding hydrogens is 330 g/mol. The largest absolute Gasteiger partial charge is 0.355 e. The maximum Gasteiger partial charge on any atom is 0.178 e. The zero-order chi connectivity index (χ0) is 17.4. The van der Waals surface area contributed by atoms with E-state index in [1.807, 2.05) is 6.07 Å². The summed E-state index contributed by atoms with van der Waals surface area (Å²) in [6, 6.07) is 14.6. The van der Waals surface area contributed by atoms with Crippen LogP contribution in [0.15, 0.2) is 48.8 Å². The third kappa shape index (κ3) is 2.78. The van der Waals surface area contributed by atoms with Gasteiger partial charge in [-0.3, -0.25) is 0 Å². The van der Waals surface area contributed by atoms with E-state index in [1.54, 1.807) is 6.33 Å². The Labute approximate surface area is 151 Å². The van der Waals surface area contributed by atoms with Crippen molar-refractivity contribution in [1.82, 2.24) is 19.5 Å². The van der Waals surface area contributed by atoms with Crippen LogP contribution in [0.5, 0.6) is 0 Å². The van der Waals surface area contributed by atoms with Crippen LogP contribution in [0.25, 0.3) is 21.9 Å². The van der Waals surface area contributed by atoms with Crippen molar-refractivity contribution in [1.29, 1.82) is 0 Å². The van der Waals surface area contributed by atoms with Crippen LogP contribution in [0.1, 0.15) is 12.5 Å². The molecule has 0 amide bonds. The third-order valence-corrected chi connectivity index (χ3v) is 4.77. The number of aryl methyl sites for hydroxylation is 1. The minimum Gasteiger partial charge on any atom is -0.355 e. The van der Waals surface area contributed by atoms with Crippen molar-refractivity contribution in [3.63, 3.8) is 0 Å². The first kappa shape index (κ1) is 15.8. The normalized spacial score (nSPS) is 11.3. The zero-order valence-electron chi connectivity index (χ0n) is 14.2. The van der Waals surface area contributed by atoms with Gasteiger partial charge < -0.3 is 14.5 Å². The highest BCUT2D eigenvalue weighted by atomic mass is 32.1. The first-order valence-corrected chi connectivity index (χ1v) is 8.70. The van der Waals surface area contributed by atoms with Crippen molar-refractivity contribution in [2.24, 2.45) is 0 Å². The second-order valence-corrected chi connectivity index (χ2v) is 6.49. The van der Waals surface area contributed by atoms with Crippen molar-refractivity contribution in [2.45, 2.75) is 20.0 Å². The summed E-state index contributed by atoms with van der Waals surface area (Å²) in [6.07, 6.45) is 1.63. The molecule has 0 aliphatic heterocycles. The van der Waals surface area contributed by atoms with Crippen LogP contribution in [-0.4, -0.2) is 26.6 Å². The molecule has 0 atom stereocenters. The number of aromatic nitrogens is 4. The van der Waals surface area contributed by atoms with Gasteiger partial charge in [0.1, 0.15) is 12.1 Å². The van der Waals surface area contributed by atoms with Crippen LogP contribution in [0.2, 0.25) is 0 Å². The smallest absolute Gasteiger partial charge is 0.178 e. The van der Waals surface area contributed by atoms with E-state index in [-0.39, 0.29) is 0 Å². The summed E-state index contributed by atoms with van der Waals surface area (Å²) >= 11 is 5.42. The maximum atomic E-state index is 5.42. The number of hydrogen-bond donors (Lipinski definition) is 1. The molecular formula is C19H19N5S. The Morgan fingerprint density at radius 2 is 1.96 bits per heavy atom. The Balaban J connectivity index is 1.84. The SMILES string of the molecule is CCn1c(=S)[nH]c2cc3c(N(C)Cc4ccccc4)ncnc3cc21. The molecule has 0 unspecified atom stereocenters. The van der Waals surface area contributed by atoms with Gasteiger partial charge in [-0.25, -0.2) is 9.97 Å². The Bertz CT molecular complexity index is 1100. The number of benzene rings is 2. The molecule has 0 fully saturated rings. The van der Waals surface area contributed by atoms with Gasteiger partial charge in [-0.05, 0) is 36.8 Å². The van der Waals surface area contributed by atoms with Gasteiger partial charge in [-0.1, -0.05) is 30.3 Å². The minimum absolute atomic E-state index is 0.736. The van der Waals surface area contributed by atoms with Crippen LogP contribution >= 0.6 is 12.2 Å². The van der Waals surface area contributed by atoms with Gasteiger partial charge in [0.25, 0.3) is 0 Å². The van der Waals surface area contributed by atoms with Gasteiger partial charge >= 0.3 is 0 Å². The summed E-state index contributed by atoms with van der Waals surface area (Å²) in [5, 5.41) is 1.02. The van der Waals surface area contributed by atoms with Crippen LogP contribution in [0.4, 0.5) is 5.82 Å². The Morgan fingerprint density at radius 1 is 1.16 bits per heavy atom. The lowest BCUT2D eigenvalue weighted by Crippen LogP contribution is -2.18. The number of aromatic amines is 1. The number of nitrogens with one attached hydrogen (secondary N) is 1. The fourth-order valence-corrected chi connectivity index (χ4v) is 3.58. The summed E-state index contributed by atoms with van der Waals surface area (Å²) in [4.78, 5) is 14.4. The summed E-state index contributed by atoms with van der Waals surface area (Å²) in [5.74, 6) is 0.916. The zero-order valence-corrected chi connectivity index (χ0v) is 15.0. The van der Waals surface area contributed by atoms with Crippen molar-refractivity contribution >= 4 is 40.0 Å². The van der Waals surface area contributed by atoms with Crippen molar-refractivity contribution in [2.75, 3.05) is 11.9 Å². The van der Waals surface area contributed by atoms with Crippen molar-refractivity contribution in [3.8, 4) is 0 Å². The van der Waals surface area contributed by atoms with Crippen LogP contribution in [-0.2, 0) is 13.1 Å². The van der Waals surface area contributed by atoms with Gasteiger partial charge in [0.05, 0.1) is 16.6 Å². The molecule has 2 aromatic carbocycles. The summed E-state index contributed by atoms with van der Waals surface area (Å²) < 4.78 is 2.82. The molecule has 0 aliphatic rings. The molecule has 0 saturated carbocycles. The molecule has 6 heteroatoms. The lowest BCUT2D eigenvalue weighted by Gasteiger charge is -2.19. The fraction of sp³-hybridized carbons (Fsp3) is 0.211.